The summed E-state index contributed by atoms with van der Waals surface area (Å²) in [5.41, 5.74) is 0.511. The molecule has 0 aliphatic carbocycles. The van der Waals surface area contributed by atoms with Crippen LogP contribution in [0, 0.1) is 5.92 Å². The maximum Gasteiger partial charge on any atom is 0.178 e. The summed E-state index contributed by atoms with van der Waals surface area (Å²) in [6.45, 7) is 2.20. The molecule has 0 spiro atoms. The third kappa shape index (κ3) is 3.93. The molecular formula is C14H17Cl2NO2. The van der Waals surface area contributed by atoms with E-state index in [0.29, 0.717) is 22.2 Å². The van der Waals surface area contributed by atoms with Crippen LogP contribution in [0.4, 0.5) is 0 Å². The first kappa shape index (κ1) is 14.8. The molecule has 0 saturated carbocycles. The monoisotopic (exact) mass is 301 g/mol. The van der Waals surface area contributed by atoms with Gasteiger partial charge in [-0.2, -0.15) is 0 Å². The molecule has 0 bridgehead atoms. The van der Waals surface area contributed by atoms with Crippen molar-refractivity contribution in [1.82, 2.24) is 4.90 Å². The lowest BCUT2D eigenvalue weighted by Crippen LogP contribution is -2.39. The zero-order chi connectivity index (χ0) is 13.8. The first-order valence-electron chi connectivity index (χ1n) is 6.41. The molecule has 1 aliphatic heterocycles. The van der Waals surface area contributed by atoms with Gasteiger partial charge in [0.15, 0.2) is 5.78 Å². The number of ketones is 1. The van der Waals surface area contributed by atoms with E-state index in [9.17, 15) is 9.90 Å². The topological polar surface area (TPSA) is 40.5 Å². The minimum atomic E-state index is 0.000237. The summed E-state index contributed by atoms with van der Waals surface area (Å²) >= 11 is 11.9. The summed E-state index contributed by atoms with van der Waals surface area (Å²) in [7, 11) is 0. The zero-order valence-electron chi connectivity index (χ0n) is 10.6. The normalized spacial score (nSPS) is 20.5. The molecule has 3 nitrogen and oxygen atoms in total. The van der Waals surface area contributed by atoms with E-state index >= 15 is 0 Å². The maximum absolute atomic E-state index is 12.2. The van der Waals surface area contributed by atoms with Crippen molar-refractivity contribution in [3.8, 4) is 0 Å². The van der Waals surface area contributed by atoms with E-state index in [0.717, 1.165) is 25.9 Å². The summed E-state index contributed by atoms with van der Waals surface area (Å²) in [6.07, 6.45) is 2.05. The quantitative estimate of drug-likeness (QED) is 0.870. The van der Waals surface area contributed by atoms with Crippen LogP contribution in [-0.4, -0.2) is 42.0 Å². The number of aliphatic hydroxyl groups is 1. The van der Waals surface area contributed by atoms with Crippen molar-refractivity contribution in [2.45, 2.75) is 12.8 Å². The minimum Gasteiger partial charge on any atom is -0.396 e. The largest absolute Gasteiger partial charge is 0.396 e. The van der Waals surface area contributed by atoms with E-state index in [1.807, 2.05) is 0 Å². The van der Waals surface area contributed by atoms with Crippen LogP contribution in [0.1, 0.15) is 23.2 Å². The van der Waals surface area contributed by atoms with Gasteiger partial charge >= 0.3 is 0 Å². The number of likely N-dealkylation sites (tertiary alicyclic amines) is 1. The number of halogens is 2. The molecule has 1 aliphatic rings. The maximum atomic E-state index is 12.2. The first-order chi connectivity index (χ1) is 9.10. The molecular weight excluding hydrogens is 285 g/mol. The Morgan fingerprint density at radius 3 is 2.89 bits per heavy atom. The number of carbonyl (C=O) groups is 1. The fourth-order valence-corrected chi connectivity index (χ4v) is 2.96. The first-order valence-corrected chi connectivity index (χ1v) is 7.17. The Balaban J connectivity index is 2.00. The van der Waals surface area contributed by atoms with E-state index in [1.165, 1.54) is 0 Å². The van der Waals surface area contributed by atoms with E-state index in [4.69, 9.17) is 23.2 Å². The summed E-state index contributed by atoms with van der Waals surface area (Å²) in [4.78, 5) is 14.3. The summed E-state index contributed by atoms with van der Waals surface area (Å²) in [5.74, 6) is 0.280. The van der Waals surface area contributed by atoms with Gasteiger partial charge in [-0.25, -0.2) is 0 Å². The van der Waals surface area contributed by atoms with Crippen molar-refractivity contribution in [2.75, 3.05) is 26.2 Å². The van der Waals surface area contributed by atoms with Gasteiger partial charge in [0.25, 0.3) is 0 Å². The number of hydrogen-bond acceptors (Lipinski definition) is 3. The molecule has 1 N–H and O–H groups in total. The molecule has 5 heteroatoms. The van der Waals surface area contributed by atoms with Crippen LogP contribution < -0.4 is 0 Å². The van der Waals surface area contributed by atoms with Crippen LogP contribution in [0.2, 0.25) is 10.0 Å². The van der Waals surface area contributed by atoms with Gasteiger partial charge in [-0.05, 0) is 43.5 Å². The highest BCUT2D eigenvalue weighted by atomic mass is 35.5. The van der Waals surface area contributed by atoms with Crippen molar-refractivity contribution >= 4 is 29.0 Å². The standard InChI is InChI=1S/C14H17Cl2NO2/c15-11-3-4-12(13(16)6-11)14(19)8-17-5-1-2-10(7-17)9-18/h3-4,6,10,18H,1-2,5,7-9H2. The Kier molecular flexibility index (Phi) is 5.22. The summed E-state index contributed by atoms with van der Waals surface area (Å²) in [5, 5.41) is 10.1. The second-order valence-electron chi connectivity index (χ2n) is 4.97. The van der Waals surface area contributed by atoms with Gasteiger partial charge in [-0.3, -0.25) is 9.69 Å². The number of Topliss-reactive ketones (excluding diaryl/α,β-unsaturated/α-hetero) is 1. The minimum absolute atomic E-state index is 0.000237. The van der Waals surface area contributed by atoms with Gasteiger partial charge in [-0.15, -0.1) is 0 Å². The van der Waals surface area contributed by atoms with Gasteiger partial charge in [0.05, 0.1) is 11.6 Å². The fraction of sp³-hybridized carbons (Fsp3) is 0.500. The molecule has 19 heavy (non-hydrogen) atoms. The number of rotatable bonds is 4. The molecule has 1 aromatic carbocycles. The molecule has 0 radical (unpaired) electrons. The smallest absolute Gasteiger partial charge is 0.178 e. The molecule has 0 amide bonds. The molecule has 104 valence electrons. The van der Waals surface area contributed by atoms with Crippen LogP contribution in [0.25, 0.3) is 0 Å². The van der Waals surface area contributed by atoms with E-state index in [1.54, 1.807) is 18.2 Å². The molecule has 0 aromatic heterocycles. The SMILES string of the molecule is O=C(CN1CCCC(CO)C1)c1ccc(Cl)cc1Cl. The summed E-state index contributed by atoms with van der Waals surface area (Å²) < 4.78 is 0. The highest BCUT2D eigenvalue weighted by Gasteiger charge is 2.22. The third-order valence-electron chi connectivity index (χ3n) is 3.46. The highest BCUT2D eigenvalue weighted by Crippen LogP contribution is 2.22. The Labute approximate surface area is 123 Å². The Morgan fingerprint density at radius 2 is 2.21 bits per heavy atom. The number of hydrogen-bond donors (Lipinski definition) is 1. The van der Waals surface area contributed by atoms with Crippen molar-refractivity contribution in [3.05, 3.63) is 33.8 Å². The Hall–Kier alpha value is -0.610. The lowest BCUT2D eigenvalue weighted by molar-refractivity contribution is 0.0833. The van der Waals surface area contributed by atoms with Crippen LogP contribution in [0.5, 0.6) is 0 Å². The second-order valence-corrected chi connectivity index (χ2v) is 5.82. The zero-order valence-corrected chi connectivity index (χ0v) is 12.1. The molecule has 1 heterocycles. The number of aliphatic hydroxyl groups excluding tert-OH is 1. The molecule has 2 rings (SSSR count). The third-order valence-corrected chi connectivity index (χ3v) is 4.01. The van der Waals surface area contributed by atoms with E-state index < -0.39 is 0 Å². The van der Waals surface area contributed by atoms with Crippen LogP contribution in [-0.2, 0) is 0 Å². The highest BCUT2D eigenvalue weighted by molar-refractivity contribution is 6.36. The Bertz CT molecular complexity index is 465. The number of nitrogens with zero attached hydrogens (tertiary/aromatic N) is 1. The molecule has 1 aromatic rings. The summed E-state index contributed by atoms with van der Waals surface area (Å²) in [6, 6.07) is 4.93. The average Bonchev–Trinajstić information content (AvgIpc) is 2.38. The van der Waals surface area contributed by atoms with Crippen molar-refractivity contribution in [3.63, 3.8) is 0 Å². The molecule has 1 fully saturated rings. The second kappa shape index (κ2) is 6.71. The number of carbonyl (C=O) groups excluding carboxylic acids is 1. The van der Waals surface area contributed by atoms with Crippen LogP contribution >= 0.6 is 23.2 Å². The predicted octanol–water partition coefficient (Wildman–Crippen LogP) is 2.88. The number of benzene rings is 1. The number of piperidine rings is 1. The Morgan fingerprint density at radius 1 is 1.42 bits per heavy atom. The van der Waals surface area contributed by atoms with Gasteiger partial charge in [0.2, 0.25) is 0 Å². The van der Waals surface area contributed by atoms with Gasteiger partial charge < -0.3 is 5.11 Å². The van der Waals surface area contributed by atoms with Gasteiger partial charge in [0.1, 0.15) is 0 Å². The molecule has 1 saturated heterocycles. The predicted molar refractivity (Wildman–Crippen MR) is 77.0 cm³/mol. The lowest BCUT2D eigenvalue weighted by Gasteiger charge is -2.31. The van der Waals surface area contributed by atoms with Crippen molar-refractivity contribution in [1.29, 1.82) is 0 Å². The fourth-order valence-electron chi connectivity index (χ4n) is 2.45. The van der Waals surface area contributed by atoms with Gasteiger partial charge in [-0.1, -0.05) is 23.2 Å². The molecule has 1 atom stereocenters. The lowest BCUT2D eigenvalue weighted by atomic mass is 9.98. The molecule has 1 unspecified atom stereocenters. The van der Waals surface area contributed by atoms with Crippen LogP contribution in [0.15, 0.2) is 18.2 Å². The van der Waals surface area contributed by atoms with Gasteiger partial charge in [0, 0.05) is 23.7 Å². The average molecular weight is 302 g/mol. The van der Waals surface area contributed by atoms with Crippen LogP contribution in [0.3, 0.4) is 0 Å². The van der Waals surface area contributed by atoms with Crippen molar-refractivity contribution in [2.24, 2.45) is 5.92 Å². The van der Waals surface area contributed by atoms with E-state index in [2.05, 4.69) is 4.90 Å². The van der Waals surface area contributed by atoms with E-state index in [-0.39, 0.29) is 18.3 Å². The van der Waals surface area contributed by atoms with Crippen molar-refractivity contribution < 1.29 is 9.90 Å².